The van der Waals surface area contributed by atoms with Gasteiger partial charge in [-0.2, -0.15) is 17.6 Å². The van der Waals surface area contributed by atoms with Crippen LogP contribution in [0.1, 0.15) is 44.9 Å². The predicted octanol–water partition coefficient (Wildman–Crippen LogP) is 5.43. The van der Waals surface area contributed by atoms with Crippen molar-refractivity contribution in [2.75, 3.05) is 45.5 Å². The molecule has 3 aromatic carbocycles. The lowest BCUT2D eigenvalue weighted by molar-refractivity contribution is -0.253. The fraction of sp³-hybridized carbons (Fsp3) is 0.389. The monoisotopic (exact) mass is 730 g/mol. The molecule has 2 aliphatic rings. The number of ether oxygens (including phenoxy) is 1. The first-order chi connectivity index (χ1) is 24.2. The molecule has 0 radical (unpaired) electrons. The van der Waals surface area contributed by atoms with Crippen molar-refractivity contribution in [3.63, 3.8) is 0 Å². The molecule has 51 heavy (non-hydrogen) atoms. The van der Waals surface area contributed by atoms with Gasteiger partial charge < -0.3 is 19.4 Å². The number of carbonyl (C=O) groups is 2. The fourth-order valence-corrected chi connectivity index (χ4v) is 6.91. The number of halogens is 4. The van der Waals surface area contributed by atoms with E-state index in [0.717, 1.165) is 11.1 Å². The number of nitrogens with zero attached hydrogens (tertiary/aromatic N) is 3. The number of hydrogen-bond donors (Lipinski definition) is 1. The second-order valence-corrected chi connectivity index (χ2v) is 15.0. The number of nitrogens with one attached hydrogen (secondary N) is 1. The molecular formula is C36H38F4N4O6S. The Balaban J connectivity index is 0.961. The highest BCUT2D eigenvalue weighted by Gasteiger charge is 2.44. The predicted molar refractivity (Wildman–Crippen MR) is 181 cm³/mol. The Kier molecular flexibility index (Phi) is 10.7. The highest BCUT2D eigenvalue weighted by molar-refractivity contribution is 7.90. The molecule has 0 atom stereocenters. The van der Waals surface area contributed by atoms with Crippen LogP contribution in [0.3, 0.4) is 0 Å². The van der Waals surface area contributed by atoms with Gasteiger partial charge in [-0.05, 0) is 66.4 Å². The molecule has 272 valence electrons. The summed E-state index contributed by atoms with van der Waals surface area (Å²) >= 11 is 0. The van der Waals surface area contributed by atoms with Crippen LogP contribution in [0.5, 0.6) is 5.75 Å². The second-order valence-electron chi connectivity index (χ2n) is 13.0. The number of piperazine rings is 1. The van der Waals surface area contributed by atoms with E-state index in [1.165, 1.54) is 18.4 Å². The van der Waals surface area contributed by atoms with Crippen LogP contribution in [0, 0.1) is 0 Å². The van der Waals surface area contributed by atoms with Gasteiger partial charge in [-0.25, -0.2) is 8.42 Å². The van der Waals surface area contributed by atoms with Crippen LogP contribution in [0.25, 0.3) is 11.0 Å². The number of likely N-dealkylation sites (tertiary alicyclic amines) is 1. The molecule has 4 aromatic rings. The standard InChI is InChI=1S/C36H38F4N4O6S/c1-51(47,48)30-10-4-25(5-11-30)23-43-16-18-44(19-17-43)34(46)27-7-6-26-20-32(49-31(26)21-27)33(45)41-28-12-14-42(15-13-28)22-24-2-8-29(9-3-24)50-36(39,40)35(37)38/h2-11,20-21,28,35H,12-19,22-23H2,1H3,(H,41,45). The molecule has 0 saturated carbocycles. The zero-order valence-corrected chi connectivity index (χ0v) is 28.7. The summed E-state index contributed by atoms with van der Waals surface area (Å²) in [6, 6.07) is 19.1. The third-order valence-electron chi connectivity index (χ3n) is 9.17. The smallest absolute Gasteiger partial charge is 0.451 e. The van der Waals surface area contributed by atoms with E-state index in [1.807, 2.05) is 12.1 Å². The maximum atomic E-state index is 13.3. The first kappa shape index (κ1) is 36.3. The molecule has 2 fully saturated rings. The Labute approximate surface area is 292 Å². The summed E-state index contributed by atoms with van der Waals surface area (Å²) in [5.74, 6) is -0.671. The molecule has 10 nitrogen and oxygen atoms in total. The molecule has 1 aromatic heterocycles. The van der Waals surface area contributed by atoms with E-state index in [-0.39, 0.29) is 34.3 Å². The molecule has 3 heterocycles. The summed E-state index contributed by atoms with van der Waals surface area (Å²) in [6.45, 7) is 4.94. The van der Waals surface area contributed by atoms with Crippen LogP contribution in [0.2, 0.25) is 0 Å². The van der Waals surface area contributed by atoms with Gasteiger partial charge in [0, 0.05) is 75.6 Å². The molecular weight excluding hydrogens is 692 g/mol. The lowest BCUT2D eigenvalue weighted by Gasteiger charge is -2.34. The summed E-state index contributed by atoms with van der Waals surface area (Å²) < 4.78 is 84.5. The van der Waals surface area contributed by atoms with Gasteiger partial charge in [-0.1, -0.05) is 30.3 Å². The quantitative estimate of drug-likeness (QED) is 0.204. The minimum Gasteiger partial charge on any atom is -0.451 e. The highest BCUT2D eigenvalue weighted by Crippen LogP contribution is 2.28. The third kappa shape index (κ3) is 9.07. The van der Waals surface area contributed by atoms with E-state index in [1.54, 1.807) is 53.4 Å². The number of hydrogen-bond acceptors (Lipinski definition) is 8. The lowest BCUT2D eigenvalue weighted by Crippen LogP contribution is -2.48. The largest absolute Gasteiger partial charge is 0.461 e. The van der Waals surface area contributed by atoms with E-state index in [0.29, 0.717) is 81.7 Å². The fourth-order valence-electron chi connectivity index (χ4n) is 6.28. The molecule has 0 unspecified atom stereocenters. The Hall–Kier alpha value is -4.47. The van der Waals surface area contributed by atoms with Gasteiger partial charge in [0.05, 0.1) is 4.90 Å². The number of sulfone groups is 1. The van der Waals surface area contributed by atoms with Crippen LogP contribution in [0.15, 0.2) is 82.1 Å². The van der Waals surface area contributed by atoms with E-state index >= 15 is 0 Å². The molecule has 6 rings (SSSR count). The average Bonchev–Trinajstić information content (AvgIpc) is 3.54. The molecule has 2 aliphatic heterocycles. The van der Waals surface area contributed by atoms with Crippen molar-refractivity contribution < 1.29 is 44.7 Å². The van der Waals surface area contributed by atoms with Gasteiger partial charge >= 0.3 is 12.5 Å². The molecule has 0 bridgehead atoms. The van der Waals surface area contributed by atoms with Gasteiger partial charge in [0.2, 0.25) is 0 Å². The molecule has 2 amide bonds. The second kappa shape index (κ2) is 15.0. The minimum absolute atomic E-state index is 0.0861. The average molecular weight is 731 g/mol. The first-order valence-electron chi connectivity index (χ1n) is 16.5. The number of piperidine rings is 1. The molecule has 2 saturated heterocycles. The Morgan fingerprint density at radius 3 is 2.04 bits per heavy atom. The van der Waals surface area contributed by atoms with Crippen molar-refractivity contribution in [3.8, 4) is 5.75 Å². The summed E-state index contributed by atoms with van der Waals surface area (Å²) in [6.07, 6.45) is -5.95. The SMILES string of the molecule is CS(=O)(=O)c1ccc(CN2CCN(C(=O)c3ccc4cc(C(=O)NC5CCN(Cc6ccc(OC(F)(F)C(F)F)cc6)CC5)oc4c3)CC2)cc1. The molecule has 15 heteroatoms. The third-order valence-corrected chi connectivity index (χ3v) is 10.3. The number of amides is 2. The van der Waals surface area contributed by atoms with Gasteiger partial charge in [0.25, 0.3) is 11.8 Å². The normalized spacial score (nSPS) is 16.9. The van der Waals surface area contributed by atoms with E-state index in [2.05, 4.69) is 19.9 Å². The molecule has 0 spiro atoms. The van der Waals surface area contributed by atoms with E-state index in [9.17, 15) is 35.6 Å². The van der Waals surface area contributed by atoms with Crippen molar-refractivity contribution in [1.82, 2.24) is 20.0 Å². The van der Waals surface area contributed by atoms with Crippen LogP contribution >= 0.6 is 0 Å². The van der Waals surface area contributed by atoms with Crippen molar-refractivity contribution in [2.45, 2.75) is 49.4 Å². The minimum atomic E-state index is -4.56. The van der Waals surface area contributed by atoms with Crippen LogP contribution in [0.4, 0.5) is 17.6 Å². The van der Waals surface area contributed by atoms with E-state index < -0.39 is 22.4 Å². The van der Waals surface area contributed by atoms with Crippen molar-refractivity contribution in [3.05, 3.63) is 95.2 Å². The number of alkyl halides is 4. The Morgan fingerprint density at radius 2 is 1.45 bits per heavy atom. The van der Waals surface area contributed by atoms with E-state index in [4.69, 9.17) is 4.42 Å². The molecule has 1 N–H and O–H groups in total. The maximum Gasteiger partial charge on any atom is 0.461 e. The van der Waals surface area contributed by atoms with Gasteiger partial charge in [-0.15, -0.1) is 0 Å². The number of fused-ring (bicyclic) bond motifs is 1. The highest BCUT2D eigenvalue weighted by atomic mass is 32.2. The lowest BCUT2D eigenvalue weighted by atomic mass is 10.0. The van der Waals surface area contributed by atoms with Gasteiger partial charge in [0.15, 0.2) is 15.6 Å². The summed E-state index contributed by atoms with van der Waals surface area (Å²) in [5, 5.41) is 3.73. The van der Waals surface area contributed by atoms with Crippen LogP contribution < -0.4 is 10.1 Å². The number of furan rings is 1. The van der Waals surface area contributed by atoms with Crippen LogP contribution in [-0.4, -0.2) is 99.0 Å². The Bertz CT molecular complexity index is 1960. The number of benzene rings is 3. The van der Waals surface area contributed by atoms with Crippen LogP contribution in [-0.2, 0) is 22.9 Å². The summed E-state index contributed by atoms with van der Waals surface area (Å²) in [5.41, 5.74) is 2.71. The first-order valence-corrected chi connectivity index (χ1v) is 18.4. The summed E-state index contributed by atoms with van der Waals surface area (Å²) in [7, 11) is -3.25. The number of rotatable bonds is 11. The van der Waals surface area contributed by atoms with Crippen molar-refractivity contribution >= 4 is 32.6 Å². The number of carbonyl (C=O) groups excluding carboxylic acids is 2. The Morgan fingerprint density at radius 1 is 0.863 bits per heavy atom. The topological polar surface area (TPSA) is 112 Å². The zero-order chi connectivity index (χ0) is 36.3. The summed E-state index contributed by atoms with van der Waals surface area (Å²) in [4.78, 5) is 32.9. The van der Waals surface area contributed by atoms with Crippen molar-refractivity contribution in [2.24, 2.45) is 0 Å². The van der Waals surface area contributed by atoms with Crippen molar-refractivity contribution in [1.29, 1.82) is 0 Å². The zero-order valence-electron chi connectivity index (χ0n) is 27.9. The van der Waals surface area contributed by atoms with Gasteiger partial charge in [0.1, 0.15) is 11.3 Å². The van der Waals surface area contributed by atoms with Gasteiger partial charge in [-0.3, -0.25) is 19.4 Å². The maximum absolute atomic E-state index is 13.3. The molecule has 0 aliphatic carbocycles.